The maximum absolute atomic E-state index is 12.9. The molecule has 1 atom stereocenters. The number of benzene rings is 2. The van der Waals surface area contributed by atoms with E-state index in [-0.39, 0.29) is 12.2 Å². The van der Waals surface area contributed by atoms with E-state index in [4.69, 9.17) is 23.0 Å². The monoisotopic (exact) mass is 545 g/mol. The van der Waals surface area contributed by atoms with Crippen molar-refractivity contribution in [3.63, 3.8) is 0 Å². The van der Waals surface area contributed by atoms with Crippen molar-refractivity contribution in [3.8, 4) is 28.6 Å². The highest BCUT2D eigenvalue weighted by molar-refractivity contribution is 5.71. The molecule has 0 fully saturated rings. The van der Waals surface area contributed by atoms with E-state index in [0.717, 1.165) is 24.1 Å². The van der Waals surface area contributed by atoms with E-state index in [2.05, 4.69) is 4.90 Å². The molecular weight excluding hydrogens is 514 g/mol. The Labute approximate surface area is 231 Å². The Balaban J connectivity index is 1.45. The average Bonchev–Trinajstić information content (AvgIpc) is 3.47. The number of carbonyl (C=O) groups is 1. The van der Waals surface area contributed by atoms with Crippen LogP contribution in [0.5, 0.6) is 17.2 Å². The zero-order valence-electron chi connectivity index (χ0n) is 22.6. The first-order valence-corrected chi connectivity index (χ1v) is 12.9. The predicted octanol–water partition coefficient (Wildman–Crippen LogP) is 4.88. The number of methoxy groups -OCH3 is 3. The Morgan fingerprint density at radius 1 is 0.975 bits per heavy atom. The molecule has 0 spiro atoms. The highest BCUT2D eigenvalue weighted by Crippen LogP contribution is 2.37. The third kappa shape index (κ3) is 5.60. The van der Waals surface area contributed by atoms with Crippen LogP contribution in [0.1, 0.15) is 40.7 Å². The van der Waals surface area contributed by atoms with E-state index < -0.39 is 23.1 Å². The van der Waals surface area contributed by atoms with Crippen molar-refractivity contribution < 1.29 is 32.9 Å². The summed E-state index contributed by atoms with van der Waals surface area (Å²) in [5.41, 5.74) is 2.53. The van der Waals surface area contributed by atoms with Crippen LogP contribution in [0.15, 0.2) is 74.3 Å². The van der Waals surface area contributed by atoms with Crippen molar-refractivity contribution in [1.29, 1.82) is 0 Å². The molecule has 1 aliphatic heterocycles. The Morgan fingerprint density at radius 3 is 2.40 bits per heavy atom. The number of furan rings is 1. The fourth-order valence-corrected chi connectivity index (χ4v) is 5.04. The van der Waals surface area contributed by atoms with Gasteiger partial charge in [0, 0.05) is 24.7 Å². The molecular formula is C31H31NO8. The van der Waals surface area contributed by atoms with Crippen LogP contribution in [-0.4, -0.2) is 43.8 Å². The van der Waals surface area contributed by atoms with Gasteiger partial charge in [-0.05, 0) is 41.8 Å². The summed E-state index contributed by atoms with van der Waals surface area (Å²) in [5, 5.41) is 10.8. The molecule has 0 saturated carbocycles. The second kappa shape index (κ2) is 11.7. The van der Waals surface area contributed by atoms with Gasteiger partial charge in [-0.3, -0.25) is 14.5 Å². The predicted molar refractivity (Wildman–Crippen MR) is 147 cm³/mol. The van der Waals surface area contributed by atoms with Crippen LogP contribution >= 0.6 is 0 Å². The van der Waals surface area contributed by atoms with Crippen molar-refractivity contribution in [2.75, 3.05) is 27.9 Å². The van der Waals surface area contributed by atoms with Crippen molar-refractivity contribution in [2.45, 2.75) is 31.8 Å². The molecule has 4 aromatic rings. The molecule has 3 heterocycles. The van der Waals surface area contributed by atoms with Gasteiger partial charge in [0.15, 0.2) is 17.3 Å². The van der Waals surface area contributed by atoms with Gasteiger partial charge in [-0.2, -0.15) is 0 Å². The van der Waals surface area contributed by atoms with Gasteiger partial charge >= 0.3 is 5.97 Å². The van der Waals surface area contributed by atoms with Crippen molar-refractivity contribution in [2.24, 2.45) is 0 Å². The van der Waals surface area contributed by atoms with Gasteiger partial charge in [-0.1, -0.05) is 30.3 Å². The third-order valence-corrected chi connectivity index (χ3v) is 7.12. The standard InChI is InChI=1S/C31H31NO8/c1-36-27-13-20-11-12-32(17-21(20)14-28(27)37-2)18-22-15-24(33)30(35)31(39-22)23(16-29(34)38-3)26-10-9-25(40-26)19-7-5-4-6-8-19/h4-10,13-15,23,35H,11-12,16-18H2,1-3H3/t23-/m0/s1. The molecule has 0 unspecified atom stereocenters. The van der Waals surface area contributed by atoms with Crippen LogP contribution in [0.3, 0.4) is 0 Å². The van der Waals surface area contributed by atoms with Crippen molar-refractivity contribution in [1.82, 2.24) is 4.90 Å². The smallest absolute Gasteiger partial charge is 0.306 e. The molecule has 0 amide bonds. The first-order chi connectivity index (χ1) is 19.4. The number of hydrogen-bond acceptors (Lipinski definition) is 9. The lowest BCUT2D eigenvalue weighted by molar-refractivity contribution is -0.141. The molecule has 2 aromatic heterocycles. The summed E-state index contributed by atoms with van der Waals surface area (Å²) in [5.74, 6) is 0.668. The largest absolute Gasteiger partial charge is 0.502 e. The molecule has 0 bridgehead atoms. The van der Waals surface area contributed by atoms with Crippen LogP contribution in [0.25, 0.3) is 11.3 Å². The minimum Gasteiger partial charge on any atom is -0.502 e. The molecule has 9 heteroatoms. The molecule has 1 aliphatic rings. The number of rotatable bonds is 9. The lowest BCUT2D eigenvalue weighted by Gasteiger charge is -2.29. The van der Waals surface area contributed by atoms with Crippen LogP contribution in [0.4, 0.5) is 0 Å². The highest BCUT2D eigenvalue weighted by atomic mass is 16.5. The molecule has 0 saturated heterocycles. The first kappa shape index (κ1) is 27.1. The highest BCUT2D eigenvalue weighted by Gasteiger charge is 2.30. The minimum atomic E-state index is -0.864. The summed E-state index contributed by atoms with van der Waals surface area (Å²) < 4.78 is 28.0. The number of ether oxygens (including phenoxy) is 3. The lowest BCUT2D eigenvalue weighted by atomic mass is 9.97. The lowest BCUT2D eigenvalue weighted by Crippen LogP contribution is -2.30. The fourth-order valence-electron chi connectivity index (χ4n) is 5.04. The fraction of sp³-hybridized carbons (Fsp3) is 0.290. The summed E-state index contributed by atoms with van der Waals surface area (Å²) >= 11 is 0. The molecule has 0 radical (unpaired) electrons. The Kier molecular flexibility index (Phi) is 7.93. The number of hydrogen-bond donors (Lipinski definition) is 1. The minimum absolute atomic E-state index is 0.0364. The number of esters is 1. The summed E-state index contributed by atoms with van der Waals surface area (Å²) in [6.45, 7) is 1.67. The van der Waals surface area contributed by atoms with Gasteiger partial charge in [0.05, 0.1) is 40.2 Å². The average molecular weight is 546 g/mol. The number of aromatic hydroxyl groups is 1. The van der Waals surface area contributed by atoms with E-state index in [1.165, 1.54) is 18.7 Å². The molecule has 40 heavy (non-hydrogen) atoms. The Morgan fingerprint density at radius 2 is 1.70 bits per heavy atom. The number of carbonyl (C=O) groups excluding carboxylic acids is 1. The molecule has 2 aromatic carbocycles. The molecule has 208 valence electrons. The van der Waals surface area contributed by atoms with E-state index in [1.807, 2.05) is 42.5 Å². The second-order valence-corrected chi connectivity index (χ2v) is 9.63. The maximum atomic E-state index is 12.9. The van der Waals surface area contributed by atoms with Gasteiger partial charge in [0.1, 0.15) is 17.3 Å². The van der Waals surface area contributed by atoms with Crippen LogP contribution in [-0.2, 0) is 29.0 Å². The zero-order chi connectivity index (χ0) is 28.2. The van der Waals surface area contributed by atoms with Gasteiger partial charge in [0.25, 0.3) is 0 Å². The van der Waals surface area contributed by atoms with Crippen LogP contribution in [0, 0.1) is 0 Å². The second-order valence-electron chi connectivity index (χ2n) is 9.63. The summed E-state index contributed by atoms with van der Waals surface area (Å²) in [6, 6.07) is 18.2. The Bertz CT molecular complexity index is 1560. The van der Waals surface area contributed by atoms with Crippen molar-refractivity contribution >= 4 is 5.97 Å². The van der Waals surface area contributed by atoms with E-state index in [0.29, 0.717) is 41.9 Å². The molecule has 5 rings (SSSR count). The SMILES string of the molecule is COC(=O)C[C@@H](c1ccc(-c2ccccc2)o1)c1oc(CN2CCc3cc(OC)c(OC)cc3C2)cc(=O)c1O. The van der Waals surface area contributed by atoms with Gasteiger partial charge in [-0.15, -0.1) is 0 Å². The van der Waals surface area contributed by atoms with Crippen molar-refractivity contribution in [3.05, 3.63) is 99.3 Å². The van der Waals surface area contributed by atoms with E-state index >= 15 is 0 Å². The van der Waals surface area contributed by atoms with Crippen LogP contribution < -0.4 is 14.9 Å². The van der Waals surface area contributed by atoms with Gasteiger partial charge in [0.2, 0.25) is 11.2 Å². The summed E-state index contributed by atoms with van der Waals surface area (Å²) in [6.07, 6.45) is 0.599. The first-order valence-electron chi connectivity index (χ1n) is 12.9. The van der Waals surface area contributed by atoms with E-state index in [9.17, 15) is 14.7 Å². The van der Waals surface area contributed by atoms with E-state index in [1.54, 1.807) is 26.4 Å². The van der Waals surface area contributed by atoms with Gasteiger partial charge in [-0.25, -0.2) is 0 Å². The number of fused-ring (bicyclic) bond motifs is 1. The normalized spacial score (nSPS) is 13.9. The maximum Gasteiger partial charge on any atom is 0.306 e. The zero-order valence-corrected chi connectivity index (χ0v) is 22.6. The third-order valence-electron chi connectivity index (χ3n) is 7.12. The molecule has 1 N–H and O–H groups in total. The molecule has 0 aliphatic carbocycles. The van der Waals surface area contributed by atoms with Crippen LogP contribution in [0.2, 0.25) is 0 Å². The summed E-state index contributed by atoms with van der Waals surface area (Å²) in [7, 11) is 4.49. The quantitative estimate of drug-likeness (QED) is 0.294. The molecule has 9 nitrogen and oxygen atoms in total. The summed E-state index contributed by atoms with van der Waals surface area (Å²) in [4.78, 5) is 27.4. The van der Waals surface area contributed by atoms with Gasteiger partial charge < -0.3 is 28.2 Å². The number of nitrogens with zero attached hydrogens (tertiary/aromatic N) is 1. The Hall–Kier alpha value is -4.50. The topological polar surface area (TPSA) is 112 Å².